The summed E-state index contributed by atoms with van der Waals surface area (Å²) < 4.78 is 1.60. The van der Waals surface area contributed by atoms with Crippen molar-refractivity contribution in [2.75, 3.05) is 18.0 Å². The molecule has 0 amide bonds. The van der Waals surface area contributed by atoms with Crippen molar-refractivity contribution in [2.45, 2.75) is 26.2 Å². The molecule has 8 heteroatoms. The smallest absolute Gasteiger partial charge is 0.311 e. The highest BCUT2D eigenvalue weighted by molar-refractivity contribution is 5.76. The Bertz CT molecular complexity index is 642. The Morgan fingerprint density at radius 1 is 1.50 bits per heavy atom. The molecule has 106 valence electrons. The number of anilines is 1. The molecule has 8 nitrogen and oxygen atoms in total. The number of rotatable bonds is 3. The van der Waals surface area contributed by atoms with Crippen LogP contribution in [0.2, 0.25) is 0 Å². The molecule has 3 rings (SSSR count). The highest BCUT2D eigenvalue weighted by Crippen LogP contribution is 2.35. The molecule has 1 aliphatic rings. The second kappa shape index (κ2) is 4.69. The van der Waals surface area contributed by atoms with Crippen LogP contribution in [0.15, 0.2) is 12.4 Å². The average Bonchev–Trinajstić information content (AvgIpc) is 2.95. The summed E-state index contributed by atoms with van der Waals surface area (Å²) >= 11 is 0. The molecule has 1 aliphatic heterocycles. The largest absolute Gasteiger partial charge is 0.481 e. The van der Waals surface area contributed by atoms with Crippen LogP contribution in [0.5, 0.6) is 0 Å². The van der Waals surface area contributed by atoms with Crippen LogP contribution in [0.25, 0.3) is 5.65 Å². The SMILES string of the molecule is CCC1(C(=O)O)CCCN(c2cncc3nnnn23)C1. The van der Waals surface area contributed by atoms with Gasteiger partial charge in [0.15, 0.2) is 11.5 Å². The Morgan fingerprint density at radius 3 is 3.10 bits per heavy atom. The molecule has 1 unspecified atom stereocenters. The van der Waals surface area contributed by atoms with E-state index in [2.05, 4.69) is 20.5 Å². The third-order valence-corrected chi connectivity index (χ3v) is 4.12. The van der Waals surface area contributed by atoms with E-state index in [4.69, 9.17) is 0 Å². The summed E-state index contributed by atoms with van der Waals surface area (Å²) in [6.45, 7) is 3.17. The molecule has 0 radical (unpaired) electrons. The zero-order valence-electron chi connectivity index (χ0n) is 11.2. The van der Waals surface area contributed by atoms with Gasteiger partial charge in [-0.3, -0.25) is 9.78 Å². The summed E-state index contributed by atoms with van der Waals surface area (Å²) in [5.74, 6) is 0.00724. The van der Waals surface area contributed by atoms with Gasteiger partial charge in [0.25, 0.3) is 0 Å². The Morgan fingerprint density at radius 2 is 2.35 bits per heavy atom. The van der Waals surface area contributed by atoms with Crippen LogP contribution in [-0.4, -0.2) is 49.2 Å². The first-order chi connectivity index (χ1) is 9.66. The molecule has 1 fully saturated rings. The van der Waals surface area contributed by atoms with Crippen molar-refractivity contribution in [1.29, 1.82) is 0 Å². The van der Waals surface area contributed by atoms with Crippen LogP contribution in [-0.2, 0) is 4.79 Å². The number of hydrogen-bond acceptors (Lipinski definition) is 6. The number of aliphatic carboxylic acids is 1. The summed E-state index contributed by atoms with van der Waals surface area (Å²) in [7, 11) is 0. The van der Waals surface area contributed by atoms with Gasteiger partial charge in [-0.1, -0.05) is 6.92 Å². The number of nitrogens with zero attached hydrogens (tertiary/aromatic N) is 6. The molecule has 20 heavy (non-hydrogen) atoms. The molecular formula is C12H16N6O2. The quantitative estimate of drug-likeness (QED) is 0.876. The van der Waals surface area contributed by atoms with Crippen molar-refractivity contribution in [3.05, 3.63) is 12.4 Å². The number of fused-ring (bicyclic) bond motifs is 1. The minimum absolute atomic E-state index is 0.458. The van der Waals surface area contributed by atoms with E-state index in [1.54, 1.807) is 16.9 Å². The number of hydrogen-bond donors (Lipinski definition) is 1. The lowest BCUT2D eigenvalue weighted by molar-refractivity contribution is -0.149. The summed E-state index contributed by atoms with van der Waals surface area (Å²) in [6.07, 6.45) is 5.40. The fourth-order valence-electron chi connectivity index (χ4n) is 2.82. The van der Waals surface area contributed by atoms with Crippen molar-refractivity contribution in [1.82, 2.24) is 25.0 Å². The minimum atomic E-state index is -0.735. The first kappa shape index (κ1) is 12.8. The zero-order valence-corrected chi connectivity index (χ0v) is 11.2. The van der Waals surface area contributed by atoms with Gasteiger partial charge in [-0.15, -0.1) is 5.10 Å². The maximum Gasteiger partial charge on any atom is 0.311 e. The standard InChI is InChI=1S/C12H16N6O2/c1-2-12(11(19)20)4-3-5-17(8-12)10-7-13-6-9-14-15-16-18(9)10/h6-7H,2-5,8H2,1H3,(H,19,20). The molecule has 1 saturated heterocycles. The van der Waals surface area contributed by atoms with Crippen LogP contribution in [0, 0.1) is 5.41 Å². The van der Waals surface area contributed by atoms with Gasteiger partial charge >= 0.3 is 5.97 Å². The molecular weight excluding hydrogens is 260 g/mol. The average molecular weight is 276 g/mol. The number of carboxylic acid groups (broad SMARTS) is 1. The number of carboxylic acids is 1. The molecule has 0 saturated carbocycles. The third kappa shape index (κ3) is 1.87. The molecule has 0 aromatic carbocycles. The topological polar surface area (TPSA) is 96.5 Å². The van der Waals surface area contributed by atoms with E-state index in [0.29, 0.717) is 25.0 Å². The molecule has 0 bridgehead atoms. The molecule has 3 heterocycles. The van der Waals surface area contributed by atoms with Gasteiger partial charge in [0.05, 0.1) is 17.8 Å². The Balaban J connectivity index is 1.98. The van der Waals surface area contributed by atoms with Crippen molar-refractivity contribution < 1.29 is 9.90 Å². The summed E-state index contributed by atoms with van der Waals surface area (Å²) in [5, 5.41) is 21.0. The third-order valence-electron chi connectivity index (χ3n) is 4.12. The Kier molecular flexibility index (Phi) is 3.00. The minimum Gasteiger partial charge on any atom is -0.481 e. The maximum atomic E-state index is 11.6. The second-order valence-corrected chi connectivity index (χ2v) is 5.18. The van der Waals surface area contributed by atoms with Crippen LogP contribution >= 0.6 is 0 Å². The van der Waals surface area contributed by atoms with Gasteiger partial charge < -0.3 is 10.0 Å². The van der Waals surface area contributed by atoms with Crippen molar-refractivity contribution in [3.63, 3.8) is 0 Å². The molecule has 2 aromatic heterocycles. The van der Waals surface area contributed by atoms with E-state index in [9.17, 15) is 9.90 Å². The molecule has 1 atom stereocenters. The van der Waals surface area contributed by atoms with Gasteiger partial charge in [0.1, 0.15) is 0 Å². The number of tetrazole rings is 1. The predicted octanol–water partition coefficient (Wildman–Crippen LogP) is 0.600. The monoisotopic (exact) mass is 276 g/mol. The highest BCUT2D eigenvalue weighted by atomic mass is 16.4. The first-order valence-corrected chi connectivity index (χ1v) is 6.67. The zero-order chi connectivity index (χ0) is 14.2. The fraction of sp³-hybridized carbons (Fsp3) is 0.583. The van der Waals surface area contributed by atoms with Crippen molar-refractivity contribution >= 4 is 17.4 Å². The lowest BCUT2D eigenvalue weighted by Crippen LogP contribution is -2.48. The van der Waals surface area contributed by atoms with Crippen LogP contribution in [0.1, 0.15) is 26.2 Å². The van der Waals surface area contributed by atoms with E-state index >= 15 is 0 Å². The van der Waals surface area contributed by atoms with Gasteiger partial charge in [-0.25, -0.2) is 0 Å². The number of aromatic nitrogens is 5. The lowest BCUT2D eigenvalue weighted by Gasteiger charge is -2.40. The predicted molar refractivity (Wildman–Crippen MR) is 70.4 cm³/mol. The Labute approximate surface area is 115 Å². The van der Waals surface area contributed by atoms with Crippen LogP contribution < -0.4 is 4.90 Å². The van der Waals surface area contributed by atoms with E-state index < -0.39 is 11.4 Å². The van der Waals surface area contributed by atoms with Crippen LogP contribution in [0.3, 0.4) is 0 Å². The maximum absolute atomic E-state index is 11.6. The first-order valence-electron chi connectivity index (χ1n) is 6.67. The Hall–Kier alpha value is -2.25. The second-order valence-electron chi connectivity index (χ2n) is 5.18. The van der Waals surface area contributed by atoms with E-state index in [1.807, 2.05) is 11.8 Å². The van der Waals surface area contributed by atoms with Gasteiger partial charge in [0.2, 0.25) is 0 Å². The van der Waals surface area contributed by atoms with E-state index in [0.717, 1.165) is 18.8 Å². The van der Waals surface area contributed by atoms with Gasteiger partial charge in [0, 0.05) is 13.1 Å². The van der Waals surface area contributed by atoms with Crippen molar-refractivity contribution in [2.24, 2.45) is 5.41 Å². The summed E-state index contributed by atoms with van der Waals surface area (Å²) in [5.41, 5.74) is -0.139. The molecule has 1 N–H and O–H groups in total. The molecule has 0 aliphatic carbocycles. The lowest BCUT2D eigenvalue weighted by atomic mass is 9.77. The van der Waals surface area contributed by atoms with E-state index in [1.165, 1.54) is 0 Å². The van der Waals surface area contributed by atoms with Gasteiger partial charge in [-0.2, -0.15) is 4.52 Å². The number of carbonyl (C=O) groups is 1. The summed E-state index contributed by atoms with van der Waals surface area (Å²) in [4.78, 5) is 17.7. The summed E-state index contributed by atoms with van der Waals surface area (Å²) in [6, 6.07) is 0. The fourth-order valence-corrected chi connectivity index (χ4v) is 2.82. The number of piperidine rings is 1. The van der Waals surface area contributed by atoms with Gasteiger partial charge in [-0.05, 0) is 29.7 Å². The molecule has 0 spiro atoms. The highest BCUT2D eigenvalue weighted by Gasteiger charge is 2.41. The van der Waals surface area contributed by atoms with Crippen LogP contribution in [0.4, 0.5) is 5.82 Å². The van der Waals surface area contributed by atoms with E-state index in [-0.39, 0.29) is 0 Å². The normalized spacial score (nSPS) is 23.1. The van der Waals surface area contributed by atoms with Crippen molar-refractivity contribution in [3.8, 4) is 0 Å². The molecule has 2 aromatic rings.